The van der Waals surface area contributed by atoms with Crippen LogP contribution in [-0.4, -0.2) is 73.8 Å². The van der Waals surface area contributed by atoms with E-state index in [2.05, 4.69) is 10.4 Å². The molecule has 14 nitrogen and oxygen atoms in total. The van der Waals surface area contributed by atoms with E-state index in [1.54, 1.807) is 78.9 Å². The van der Waals surface area contributed by atoms with Crippen molar-refractivity contribution in [1.82, 2.24) is 4.90 Å². The molecular weight excluding hydrogens is 777 g/mol. The summed E-state index contributed by atoms with van der Waals surface area (Å²) in [6.07, 6.45) is -4.83. The first-order valence-electron chi connectivity index (χ1n) is 18.6. The van der Waals surface area contributed by atoms with E-state index >= 15 is 4.79 Å². The quantitative estimate of drug-likeness (QED) is 0.0640. The van der Waals surface area contributed by atoms with Crippen LogP contribution < -0.4 is 10.1 Å². The molecule has 0 saturated carbocycles. The molecule has 0 unspecified atom stereocenters. The third-order valence-electron chi connectivity index (χ3n) is 9.13. The molecule has 308 valence electrons. The molecule has 0 aromatic heterocycles. The van der Waals surface area contributed by atoms with Gasteiger partial charge in [0.1, 0.15) is 22.8 Å². The molecule has 1 N–H and O–H groups in total. The number of nitrogens with one attached hydrogen (secondary N) is 1. The number of benzene rings is 4. The van der Waals surface area contributed by atoms with E-state index in [9.17, 15) is 19.2 Å². The highest BCUT2D eigenvalue weighted by molar-refractivity contribution is 8.04. The SMILES string of the molecule is COc1ccc(NC(=O)[C@]2(c3ccccc3)SC(N(C)Cc3ccccc3)=C(N=Nc3ccccc3)[C@@H]2[C@H](OC(C)=O)[C@@H](OC(C)=O)[C@@H](COC(C)=O)OC(C)=O)cc1. The zero-order valence-electron chi connectivity index (χ0n) is 33.5. The molecular formula is C44H46N4O10S. The van der Waals surface area contributed by atoms with E-state index in [0.29, 0.717) is 34.3 Å². The predicted octanol–water partition coefficient (Wildman–Crippen LogP) is 7.34. The Balaban J connectivity index is 1.87. The van der Waals surface area contributed by atoms with Gasteiger partial charge >= 0.3 is 23.9 Å². The number of methoxy groups -OCH3 is 1. The van der Waals surface area contributed by atoms with Gasteiger partial charge in [0, 0.05) is 47.0 Å². The van der Waals surface area contributed by atoms with E-state index < -0.39 is 65.4 Å². The number of nitrogens with zero attached hydrogens (tertiary/aromatic N) is 3. The van der Waals surface area contributed by atoms with Gasteiger partial charge in [0.05, 0.1) is 23.7 Å². The van der Waals surface area contributed by atoms with Crippen molar-refractivity contribution in [2.24, 2.45) is 16.1 Å². The minimum Gasteiger partial charge on any atom is -0.497 e. The van der Waals surface area contributed by atoms with Gasteiger partial charge in [-0.1, -0.05) is 90.6 Å². The third kappa shape index (κ3) is 11.1. The normalized spacial score (nSPS) is 17.6. The Hall–Kier alpha value is -6.48. The van der Waals surface area contributed by atoms with Crippen molar-refractivity contribution >= 4 is 52.9 Å². The molecule has 5 rings (SSSR count). The maximum Gasteiger partial charge on any atom is 0.303 e. The van der Waals surface area contributed by atoms with Gasteiger partial charge in [-0.05, 0) is 47.5 Å². The zero-order valence-corrected chi connectivity index (χ0v) is 34.3. The molecule has 1 amide bonds. The number of esters is 4. The second-order valence-corrected chi connectivity index (χ2v) is 14.8. The van der Waals surface area contributed by atoms with Gasteiger partial charge < -0.3 is 33.9 Å². The van der Waals surface area contributed by atoms with Gasteiger partial charge in [0.2, 0.25) is 5.91 Å². The van der Waals surface area contributed by atoms with Crippen LogP contribution in [0.4, 0.5) is 11.4 Å². The standard InChI is InChI=1S/C44H46N4O10S/c1-28(49)55-27-37(56-29(2)50)40(57-30(3)51)41(58-31(4)52)38-39(47-46-35-20-14-9-15-21-35)42(48(5)26-32-16-10-7-11-17-32)59-44(38,33-18-12-8-13-19-33)43(53)45-34-22-24-36(54-6)25-23-34/h7-25,37-38,40-41H,26-27H2,1-6H3,(H,45,53)/t37-,38-,40+,41+,44-/m1/s1. The van der Waals surface area contributed by atoms with Gasteiger partial charge in [-0.2, -0.15) is 10.2 Å². The minimum absolute atomic E-state index is 0.184. The van der Waals surface area contributed by atoms with Crippen LogP contribution in [0.2, 0.25) is 0 Å². The number of azo groups is 1. The van der Waals surface area contributed by atoms with Crippen LogP contribution in [0, 0.1) is 5.92 Å². The Morgan fingerprint density at radius 1 is 0.729 bits per heavy atom. The average molecular weight is 823 g/mol. The molecule has 0 spiro atoms. The average Bonchev–Trinajstić information content (AvgIpc) is 3.57. The Kier molecular flexibility index (Phi) is 15.0. The molecule has 1 aliphatic rings. The van der Waals surface area contributed by atoms with Gasteiger partial charge in [0.15, 0.2) is 18.3 Å². The monoisotopic (exact) mass is 822 g/mol. The smallest absolute Gasteiger partial charge is 0.303 e. The molecule has 0 fully saturated rings. The fourth-order valence-electron chi connectivity index (χ4n) is 6.71. The minimum atomic E-state index is -1.78. The molecule has 0 saturated heterocycles. The fourth-order valence-corrected chi connectivity index (χ4v) is 8.28. The highest BCUT2D eigenvalue weighted by Crippen LogP contribution is 2.60. The van der Waals surface area contributed by atoms with Crippen LogP contribution in [0.25, 0.3) is 0 Å². The molecule has 1 aliphatic heterocycles. The molecule has 4 aromatic rings. The lowest BCUT2D eigenvalue weighted by Gasteiger charge is -2.41. The summed E-state index contributed by atoms with van der Waals surface area (Å²) in [4.78, 5) is 68.7. The summed E-state index contributed by atoms with van der Waals surface area (Å²) < 4.78 is 26.7. The Labute approximate surface area is 346 Å². The van der Waals surface area contributed by atoms with E-state index in [-0.39, 0.29) is 5.70 Å². The number of rotatable bonds is 17. The maximum atomic E-state index is 15.6. The Morgan fingerprint density at radius 2 is 1.31 bits per heavy atom. The van der Waals surface area contributed by atoms with Gasteiger partial charge in [-0.3, -0.25) is 24.0 Å². The van der Waals surface area contributed by atoms with Gasteiger partial charge in [0.25, 0.3) is 0 Å². The number of ether oxygens (including phenoxy) is 5. The lowest BCUT2D eigenvalue weighted by atomic mass is 9.76. The van der Waals surface area contributed by atoms with Crippen molar-refractivity contribution in [3.05, 3.63) is 137 Å². The summed E-state index contributed by atoms with van der Waals surface area (Å²) in [6.45, 7) is 4.33. The summed E-state index contributed by atoms with van der Waals surface area (Å²) in [7, 11) is 3.36. The molecule has 0 aliphatic carbocycles. The molecule has 15 heteroatoms. The van der Waals surface area contributed by atoms with Crippen molar-refractivity contribution in [2.45, 2.75) is 57.3 Å². The predicted molar refractivity (Wildman–Crippen MR) is 220 cm³/mol. The van der Waals surface area contributed by atoms with Crippen molar-refractivity contribution in [3.63, 3.8) is 0 Å². The second-order valence-electron chi connectivity index (χ2n) is 13.5. The number of amides is 1. The topological polar surface area (TPSA) is 171 Å². The van der Waals surface area contributed by atoms with Gasteiger partial charge in [-0.15, -0.1) is 0 Å². The number of hydrogen-bond acceptors (Lipinski definition) is 14. The second kappa shape index (κ2) is 20.3. The Morgan fingerprint density at radius 3 is 1.86 bits per heavy atom. The van der Waals surface area contributed by atoms with Crippen LogP contribution in [-0.2, 0) is 54.2 Å². The first kappa shape index (κ1) is 43.6. The number of carbonyl (C=O) groups excluding carboxylic acids is 5. The maximum absolute atomic E-state index is 15.6. The summed E-state index contributed by atoms with van der Waals surface area (Å²) in [5, 5.41) is 13.0. The van der Waals surface area contributed by atoms with Crippen LogP contribution in [0.1, 0.15) is 38.8 Å². The summed E-state index contributed by atoms with van der Waals surface area (Å²) in [5.74, 6) is -4.55. The summed E-state index contributed by atoms with van der Waals surface area (Å²) in [5.41, 5.74) is 2.46. The zero-order chi connectivity index (χ0) is 42.5. The first-order chi connectivity index (χ1) is 28.3. The van der Waals surface area contributed by atoms with Crippen molar-refractivity contribution in [3.8, 4) is 5.75 Å². The van der Waals surface area contributed by atoms with Crippen LogP contribution in [0.15, 0.2) is 136 Å². The van der Waals surface area contributed by atoms with Crippen LogP contribution >= 0.6 is 11.8 Å². The summed E-state index contributed by atoms with van der Waals surface area (Å²) >= 11 is 1.15. The van der Waals surface area contributed by atoms with E-state index in [4.69, 9.17) is 28.8 Å². The third-order valence-corrected chi connectivity index (χ3v) is 10.8. The summed E-state index contributed by atoms with van der Waals surface area (Å²) in [6, 6.07) is 34.1. The lowest BCUT2D eigenvalue weighted by molar-refractivity contribution is -0.193. The largest absolute Gasteiger partial charge is 0.497 e. The first-order valence-corrected chi connectivity index (χ1v) is 19.4. The van der Waals surface area contributed by atoms with Gasteiger partial charge in [-0.25, -0.2) is 0 Å². The Bertz CT molecular complexity index is 2150. The van der Waals surface area contributed by atoms with Crippen LogP contribution in [0.5, 0.6) is 5.75 Å². The molecule has 4 aromatic carbocycles. The van der Waals surface area contributed by atoms with Crippen molar-refractivity contribution < 1.29 is 47.7 Å². The molecule has 1 heterocycles. The van der Waals surface area contributed by atoms with Crippen LogP contribution in [0.3, 0.4) is 0 Å². The lowest BCUT2D eigenvalue weighted by Crippen LogP contribution is -2.56. The number of anilines is 1. The van der Waals surface area contributed by atoms with E-state index in [0.717, 1.165) is 45.0 Å². The van der Waals surface area contributed by atoms with E-state index in [1.807, 2.05) is 48.3 Å². The van der Waals surface area contributed by atoms with E-state index in [1.165, 1.54) is 7.11 Å². The molecule has 0 radical (unpaired) electrons. The number of thioether (sulfide) groups is 1. The highest BCUT2D eigenvalue weighted by Gasteiger charge is 2.63. The number of carbonyl (C=O) groups is 5. The molecule has 59 heavy (non-hydrogen) atoms. The number of hydrogen-bond donors (Lipinski definition) is 1. The highest BCUT2D eigenvalue weighted by atomic mass is 32.2. The fraction of sp³-hybridized carbons (Fsp3) is 0.295. The van der Waals surface area contributed by atoms with Crippen molar-refractivity contribution in [1.29, 1.82) is 0 Å². The van der Waals surface area contributed by atoms with Crippen molar-refractivity contribution in [2.75, 3.05) is 26.1 Å². The molecule has 5 atom stereocenters. The molecule has 0 bridgehead atoms.